The lowest BCUT2D eigenvalue weighted by atomic mass is 10.2. The van der Waals surface area contributed by atoms with Gasteiger partial charge in [0.1, 0.15) is 6.04 Å². The Labute approximate surface area is 77.4 Å². The van der Waals surface area contributed by atoms with Crippen molar-refractivity contribution in [1.29, 1.82) is 0 Å². The fourth-order valence-electron chi connectivity index (χ4n) is 0.935. The first-order valence-corrected chi connectivity index (χ1v) is 3.79. The molecular weight excluding hydrogens is 200 g/mol. The molecule has 78 valence electrons. The molecule has 0 radical (unpaired) electrons. The van der Waals surface area contributed by atoms with Crippen LogP contribution in [0.4, 0.5) is 8.78 Å². The summed E-state index contributed by atoms with van der Waals surface area (Å²) >= 11 is 0. The number of aldehydes is 1. The van der Waals surface area contributed by atoms with Crippen LogP contribution in [0.2, 0.25) is 0 Å². The maximum absolute atomic E-state index is 12.4. The second kappa shape index (κ2) is 3.69. The summed E-state index contributed by atoms with van der Waals surface area (Å²) in [5, 5.41) is 1.73. The number of carbonyl (C=O) groups is 3. The normalized spacial score (nSPS) is 21.6. The Kier molecular flexibility index (Phi) is 2.78. The zero-order valence-electron chi connectivity index (χ0n) is 6.96. The van der Waals surface area contributed by atoms with Crippen LogP contribution in [0.25, 0.3) is 0 Å². The summed E-state index contributed by atoms with van der Waals surface area (Å²) in [4.78, 5) is 31.2. The van der Waals surface area contributed by atoms with E-state index in [4.69, 9.17) is 0 Å². The van der Waals surface area contributed by atoms with Crippen LogP contribution in [-0.4, -0.2) is 36.7 Å². The maximum atomic E-state index is 12.4. The van der Waals surface area contributed by atoms with E-state index in [0.717, 1.165) is 0 Å². The van der Waals surface area contributed by atoms with Crippen LogP contribution in [0.1, 0.15) is 6.42 Å². The van der Waals surface area contributed by atoms with Gasteiger partial charge in [0.25, 0.3) is 5.91 Å². The van der Waals surface area contributed by atoms with Crippen molar-refractivity contribution in [1.82, 2.24) is 5.32 Å². The molecule has 0 aromatic rings. The Hall–Kier alpha value is -1.53. The van der Waals surface area contributed by atoms with Crippen LogP contribution >= 0.6 is 0 Å². The highest BCUT2D eigenvalue weighted by Gasteiger charge is 2.41. The van der Waals surface area contributed by atoms with Gasteiger partial charge >= 0.3 is 11.9 Å². The largest absolute Gasteiger partial charge is 0.464 e. The van der Waals surface area contributed by atoms with Gasteiger partial charge in [0.05, 0.1) is 6.61 Å². The van der Waals surface area contributed by atoms with E-state index in [2.05, 4.69) is 4.74 Å². The lowest BCUT2D eigenvalue weighted by Gasteiger charge is -2.12. The average molecular weight is 207 g/mol. The first kappa shape index (κ1) is 10.6. The molecule has 1 rings (SSSR count). The molecule has 7 heteroatoms. The predicted octanol–water partition coefficient (Wildman–Crippen LogP) is -0.748. The van der Waals surface area contributed by atoms with Crippen molar-refractivity contribution < 1.29 is 27.9 Å². The smallest absolute Gasteiger partial charge is 0.378 e. The Morgan fingerprint density at radius 1 is 1.64 bits per heavy atom. The molecule has 1 aliphatic rings. The number of esters is 1. The van der Waals surface area contributed by atoms with Crippen LogP contribution in [-0.2, 0) is 19.1 Å². The molecule has 14 heavy (non-hydrogen) atoms. The minimum absolute atomic E-state index is 0.0798. The highest BCUT2D eigenvalue weighted by molar-refractivity contribution is 5.99. The van der Waals surface area contributed by atoms with E-state index in [1.807, 2.05) is 0 Å². The first-order chi connectivity index (χ1) is 6.47. The molecule has 0 aromatic carbocycles. The first-order valence-electron chi connectivity index (χ1n) is 3.79. The number of nitrogens with one attached hydrogen (secondary N) is 1. The number of rotatable bonds is 3. The monoisotopic (exact) mass is 207 g/mol. The van der Waals surface area contributed by atoms with E-state index in [1.165, 1.54) is 0 Å². The standard InChI is InChI=1S/C7H7F2NO4/c8-7(9,3-11)6(13)10-4-1-2-14-5(4)12/h3-4H,1-2H2,(H,10,13). The van der Waals surface area contributed by atoms with Crippen molar-refractivity contribution in [3.8, 4) is 0 Å². The van der Waals surface area contributed by atoms with Crippen LogP contribution in [0.3, 0.4) is 0 Å². The number of hydrogen-bond acceptors (Lipinski definition) is 4. The number of cyclic esters (lactones) is 1. The number of ether oxygens (including phenoxy) is 1. The number of halogens is 2. The van der Waals surface area contributed by atoms with Gasteiger partial charge in [0, 0.05) is 6.42 Å². The van der Waals surface area contributed by atoms with E-state index < -0.39 is 30.1 Å². The molecule has 1 amide bonds. The molecule has 5 nitrogen and oxygen atoms in total. The lowest BCUT2D eigenvalue weighted by molar-refractivity contribution is -0.153. The molecule has 1 atom stereocenters. The van der Waals surface area contributed by atoms with Gasteiger partial charge in [-0.05, 0) is 0 Å². The minimum atomic E-state index is -4.09. The minimum Gasteiger partial charge on any atom is -0.464 e. The number of amides is 1. The number of alkyl halides is 2. The summed E-state index contributed by atoms with van der Waals surface area (Å²) in [5.41, 5.74) is 0. The van der Waals surface area contributed by atoms with Gasteiger partial charge < -0.3 is 10.1 Å². The highest BCUT2D eigenvalue weighted by atomic mass is 19.3. The molecule has 1 saturated heterocycles. The Bertz CT molecular complexity index is 279. The van der Waals surface area contributed by atoms with Crippen molar-refractivity contribution in [3.63, 3.8) is 0 Å². The summed E-state index contributed by atoms with van der Waals surface area (Å²) in [5.74, 6) is -6.64. The molecule has 1 unspecified atom stereocenters. The van der Waals surface area contributed by atoms with E-state index >= 15 is 0 Å². The van der Waals surface area contributed by atoms with E-state index in [9.17, 15) is 23.2 Å². The third kappa shape index (κ3) is 2.04. The predicted molar refractivity (Wildman–Crippen MR) is 38.5 cm³/mol. The van der Waals surface area contributed by atoms with Gasteiger partial charge in [0.15, 0.2) is 6.29 Å². The summed E-state index contributed by atoms with van der Waals surface area (Å²) in [6, 6.07) is -1.08. The van der Waals surface area contributed by atoms with Gasteiger partial charge in [0.2, 0.25) is 0 Å². The topological polar surface area (TPSA) is 72.5 Å². The molecule has 0 spiro atoms. The average Bonchev–Trinajstić information content (AvgIpc) is 2.52. The Morgan fingerprint density at radius 3 is 2.71 bits per heavy atom. The molecule has 0 bridgehead atoms. The van der Waals surface area contributed by atoms with Crippen molar-refractivity contribution in [2.75, 3.05) is 6.61 Å². The maximum Gasteiger partial charge on any atom is 0.378 e. The summed E-state index contributed by atoms with van der Waals surface area (Å²) in [7, 11) is 0. The molecular formula is C7H7F2NO4. The van der Waals surface area contributed by atoms with Crippen LogP contribution in [0.5, 0.6) is 0 Å². The second-order valence-corrected chi connectivity index (χ2v) is 2.72. The summed E-state index contributed by atoms with van der Waals surface area (Å²) < 4.78 is 29.2. The van der Waals surface area contributed by atoms with Crippen LogP contribution < -0.4 is 5.32 Å². The SMILES string of the molecule is O=CC(F)(F)C(=O)NC1CCOC1=O. The van der Waals surface area contributed by atoms with Crippen molar-refractivity contribution in [2.24, 2.45) is 0 Å². The molecule has 0 aliphatic carbocycles. The quantitative estimate of drug-likeness (QED) is 0.375. The molecule has 1 aliphatic heterocycles. The summed E-state index contributed by atoms with van der Waals surface area (Å²) in [6.07, 6.45) is -0.637. The fraction of sp³-hybridized carbons (Fsp3) is 0.571. The summed E-state index contributed by atoms with van der Waals surface area (Å²) in [6.45, 7) is 0.0798. The number of carbonyl (C=O) groups excluding carboxylic acids is 3. The third-order valence-electron chi connectivity index (χ3n) is 1.69. The van der Waals surface area contributed by atoms with Gasteiger partial charge in [-0.25, -0.2) is 4.79 Å². The van der Waals surface area contributed by atoms with Crippen molar-refractivity contribution in [3.05, 3.63) is 0 Å². The second-order valence-electron chi connectivity index (χ2n) is 2.72. The zero-order valence-corrected chi connectivity index (χ0v) is 6.96. The lowest BCUT2D eigenvalue weighted by Crippen LogP contribution is -2.47. The Balaban J connectivity index is 2.56. The molecule has 0 aromatic heterocycles. The van der Waals surface area contributed by atoms with E-state index in [0.29, 0.717) is 0 Å². The highest BCUT2D eigenvalue weighted by Crippen LogP contribution is 2.12. The molecule has 1 fully saturated rings. The third-order valence-corrected chi connectivity index (χ3v) is 1.69. The van der Waals surface area contributed by atoms with Gasteiger partial charge in [-0.2, -0.15) is 8.78 Å². The van der Waals surface area contributed by atoms with Crippen molar-refractivity contribution in [2.45, 2.75) is 18.4 Å². The van der Waals surface area contributed by atoms with Gasteiger partial charge in [-0.15, -0.1) is 0 Å². The Morgan fingerprint density at radius 2 is 2.29 bits per heavy atom. The van der Waals surface area contributed by atoms with Crippen LogP contribution in [0.15, 0.2) is 0 Å². The zero-order chi connectivity index (χ0) is 10.8. The molecule has 1 N–H and O–H groups in total. The fourth-order valence-corrected chi connectivity index (χ4v) is 0.935. The molecule has 1 heterocycles. The van der Waals surface area contributed by atoms with E-state index in [-0.39, 0.29) is 13.0 Å². The van der Waals surface area contributed by atoms with Crippen LogP contribution in [0, 0.1) is 0 Å². The van der Waals surface area contributed by atoms with Gasteiger partial charge in [-0.3, -0.25) is 9.59 Å². The van der Waals surface area contributed by atoms with Crippen molar-refractivity contribution >= 4 is 18.2 Å². The van der Waals surface area contributed by atoms with E-state index in [1.54, 1.807) is 5.32 Å². The molecule has 0 saturated carbocycles. The number of hydrogen-bond donors (Lipinski definition) is 1. The van der Waals surface area contributed by atoms with Gasteiger partial charge in [-0.1, -0.05) is 0 Å².